The fourth-order valence-electron chi connectivity index (χ4n) is 3.43. The molecule has 0 aromatic heterocycles. The lowest BCUT2D eigenvalue weighted by atomic mass is 10.0. The van der Waals surface area contributed by atoms with E-state index in [9.17, 15) is 9.59 Å². The fourth-order valence-corrected chi connectivity index (χ4v) is 3.56. The minimum absolute atomic E-state index is 0.256. The first-order valence-electron chi connectivity index (χ1n) is 9.24. The molecule has 0 saturated carbocycles. The van der Waals surface area contributed by atoms with Gasteiger partial charge in [-0.1, -0.05) is 54.1 Å². The van der Waals surface area contributed by atoms with Gasteiger partial charge in [-0.3, -0.25) is 9.59 Å². The molecule has 0 saturated heterocycles. The maximum Gasteiger partial charge on any atom is 0.282 e. The van der Waals surface area contributed by atoms with Crippen molar-refractivity contribution >= 4 is 40.4 Å². The summed E-state index contributed by atoms with van der Waals surface area (Å²) in [5, 5.41) is 3.74. The van der Waals surface area contributed by atoms with Crippen molar-refractivity contribution in [1.29, 1.82) is 0 Å². The minimum atomic E-state index is -0.379. The van der Waals surface area contributed by atoms with Crippen LogP contribution in [0.25, 0.3) is 5.57 Å². The molecule has 0 unspecified atom stereocenters. The number of hydrogen-bond donors (Lipinski definition) is 1. The quantitative estimate of drug-likeness (QED) is 0.598. The van der Waals surface area contributed by atoms with Gasteiger partial charge in [0, 0.05) is 10.7 Å². The number of para-hydroxylation sites is 1. The standard InChI is InChI=1S/C24H19ClN2O2/c1-15-6-5-8-19(14-15)26-22-21(17-10-12-18(25)13-11-17)23(28)27(24(22)29)20-9-4-3-7-16(20)2/h3-14,26H,1-2H3. The van der Waals surface area contributed by atoms with E-state index in [1.165, 1.54) is 4.90 Å². The van der Waals surface area contributed by atoms with E-state index >= 15 is 0 Å². The van der Waals surface area contributed by atoms with E-state index in [1.54, 1.807) is 30.3 Å². The molecule has 1 N–H and O–H groups in total. The van der Waals surface area contributed by atoms with E-state index in [4.69, 9.17) is 11.6 Å². The van der Waals surface area contributed by atoms with Gasteiger partial charge in [-0.05, 0) is 60.9 Å². The highest BCUT2D eigenvalue weighted by molar-refractivity contribution is 6.46. The van der Waals surface area contributed by atoms with Crippen molar-refractivity contribution in [3.63, 3.8) is 0 Å². The largest absolute Gasteiger partial charge is 0.350 e. The van der Waals surface area contributed by atoms with Crippen molar-refractivity contribution in [1.82, 2.24) is 0 Å². The zero-order valence-electron chi connectivity index (χ0n) is 16.1. The van der Waals surface area contributed by atoms with E-state index < -0.39 is 0 Å². The van der Waals surface area contributed by atoms with Gasteiger partial charge in [0.15, 0.2) is 0 Å². The van der Waals surface area contributed by atoms with Crippen molar-refractivity contribution in [2.45, 2.75) is 13.8 Å². The van der Waals surface area contributed by atoms with Gasteiger partial charge in [-0.15, -0.1) is 0 Å². The first-order chi connectivity index (χ1) is 14.0. The molecule has 3 aromatic rings. The first-order valence-corrected chi connectivity index (χ1v) is 9.62. The summed E-state index contributed by atoms with van der Waals surface area (Å²) in [6.07, 6.45) is 0. The molecule has 0 bridgehead atoms. The molecule has 4 rings (SSSR count). The van der Waals surface area contributed by atoms with Crippen LogP contribution in [0.1, 0.15) is 16.7 Å². The fraction of sp³-hybridized carbons (Fsp3) is 0.0833. The highest BCUT2D eigenvalue weighted by atomic mass is 35.5. The molecule has 2 amide bonds. The number of halogens is 1. The molecule has 29 heavy (non-hydrogen) atoms. The monoisotopic (exact) mass is 402 g/mol. The zero-order chi connectivity index (χ0) is 20.5. The third-order valence-electron chi connectivity index (χ3n) is 4.86. The molecule has 1 heterocycles. The number of nitrogens with zero attached hydrogens (tertiary/aromatic N) is 1. The van der Waals surface area contributed by atoms with Crippen LogP contribution in [-0.2, 0) is 9.59 Å². The maximum atomic E-state index is 13.4. The summed E-state index contributed by atoms with van der Waals surface area (Å²) >= 11 is 6.02. The third kappa shape index (κ3) is 3.55. The van der Waals surface area contributed by atoms with Crippen LogP contribution in [0.15, 0.2) is 78.5 Å². The summed E-state index contributed by atoms with van der Waals surface area (Å²) in [7, 11) is 0. The Morgan fingerprint density at radius 3 is 2.24 bits per heavy atom. The van der Waals surface area contributed by atoms with Crippen LogP contribution in [-0.4, -0.2) is 11.8 Å². The topological polar surface area (TPSA) is 49.4 Å². The number of carbonyl (C=O) groups excluding carboxylic acids is 2. The summed E-state index contributed by atoms with van der Waals surface area (Å²) in [6, 6.07) is 22.0. The summed E-state index contributed by atoms with van der Waals surface area (Å²) in [6.45, 7) is 3.85. The molecule has 144 valence electrons. The van der Waals surface area contributed by atoms with Crippen molar-refractivity contribution in [2.75, 3.05) is 10.2 Å². The van der Waals surface area contributed by atoms with Crippen molar-refractivity contribution in [3.8, 4) is 0 Å². The van der Waals surface area contributed by atoms with Crippen LogP contribution in [0.3, 0.4) is 0 Å². The zero-order valence-corrected chi connectivity index (χ0v) is 16.8. The lowest BCUT2D eigenvalue weighted by Gasteiger charge is -2.17. The Bertz CT molecular complexity index is 1150. The number of amides is 2. The number of imide groups is 1. The number of anilines is 2. The normalized spacial score (nSPS) is 14.0. The molecule has 3 aromatic carbocycles. The van der Waals surface area contributed by atoms with E-state index in [1.807, 2.05) is 56.3 Å². The summed E-state index contributed by atoms with van der Waals surface area (Å²) in [4.78, 5) is 28.0. The third-order valence-corrected chi connectivity index (χ3v) is 5.11. The van der Waals surface area contributed by atoms with E-state index in [2.05, 4.69) is 5.32 Å². The van der Waals surface area contributed by atoms with Gasteiger partial charge in [0.25, 0.3) is 11.8 Å². The highest BCUT2D eigenvalue weighted by Crippen LogP contribution is 2.35. The van der Waals surface area contributed by atoms with E-state index in [0.29, 0.717) is 21.8 Å². The Kier molecular flexibility index (Phi) is 4.95. The van der Waals surface area contributed by atoms with E-state index in [-0.39, 0.29) is 17.5 Å². The van der Waals surface area contributed by atoms with Crippen LogP contribution >= 0.6 is 11.6 Å². The van der Waals surface area contributed by atoms with Gasteiger partial charge < -0.3 is 5.32 Å². The number of nitrogens with one attached hydrogen (secondary N) is 1. The number of benzene rings is 3. The molecule has 0 aliphatic carbocycles. The predicted molar refractivity (Wildman–Crippen MR) is 117 cm³/mol. The SMILES string of the molecule is Cc1cccc(NC2=C(c3ccc(Cl)cc3)C(=O)N(c3ccccc3C)C2=O)c1. The predicted octanol–water partition coefficient (Wildman–Crippen LogP) is 5.35. The maximum absolute atomic E-state index is 13.4. The van der Waals surface area contributed by atoms with Crippen molar-refractivity contribution in [3.05, 3.63) is 100 Å². The van der Waals surface area contributed by atoms with Gasteiger partial charge in [0.05, 0.1) is 11.3 Å². The van der Waals surface area contributed by atoms with E-state index in [0.717, 1.165) is 16.8 Å². The van der Waals surface area contributed by atoms with Crippen LogP contribution in [0.5, 0.6) is 0 Å². The van der Waals surface area contributed by atoms with Gasteiger partial charge in [-0.2, -0.15) is 0 Å². The van der Waals surface area contributed by atoms with Gasteiger partial charge in [-0.25, -0.2) is 4.90 Å². The second-order valence-electron chi connectivity index (χ2n) is 6.98. The molecule has 0 radical (unpaired) electrons. The Hall–Kier alpha value is -3.37. The Morgan fingerprint density at radius 1 is 0.828 bits per heavy atom. The average Bonchev–Trinajstić information content (AvgIpc) is 2.93. The molecule has 0 atom stereocenters. The Balaban J connectivity index is 1.85. The molecule has 0 fully saturated rings. The number of aryl methyl sites for hydroxylation is 2. The van der Waals surface area contributed by atoms with Gasteiger partial charge >= 0.3 is 0 Å². The average molecular weight is 403 g/mol. The van der Waals surface area contributed by atoms with Crippen molar-refractivity contribution in [2.24, 2.45) is 0 Å². The molecule has 1 aliphatic heterocycles. The first kappa shape index (κ1) is 19.0. The molecular weight excluding hydrogens is 384 g/mol. The lowest BCUT2D eigenvalue weighted by Crippen LogP contribution is -2.33. The Labute approximate surface area is 174 Å². The van der Waals surface area contributed by atoms with Crippen LogP contribution < -0.4 is 10.2 Å². The minimum Gasteiger partial charge on any atom is -0.350 e. The molecular formula is C24H19ClN2O2. The lowest BCUT2D eigenvalue weighted by molar-refractivity contribution is -0.120. The van der Waals surface area contributed by atoms with Crippen LogP contribution in [0, 0.1) is 13.8 Å². The second kappa shape index (κ2) is 7.57. The highest BCUT2D eigenvalue weighted by Gasteiger charge is 2.40. The summed E-state index contributed by atoms with van der Waals surface area (Å²) in [5.41, 5.74) is 4.45. The smallest absolute Gasteiger partial charge is 0.282 e. The second-order valence-corrected chi connectivity index (χ2v) is 7.42. The number of rotatable bonds is 4. The summed E-state index contributed by atoms with van der Waals surface area (Å²) < 4.78 is 0. The van der Waals surface area contributed by atoms with Gasteiger partial charge in [0.2, 0.25) is 0 Å². The Morgan fingerprint density at radius 2 is 1.55 bits per heavy atom. The van der Waals surface area contributed by atoms with Crippen LogP contribution in [0.2, 0.25) is 5.02 Å². The number of hydrogen-bond acceptors (Lipinski definition) is 3. The van der Waals surface area contributed by atoms with Crippen LogP contribution in [0.4, 0.5) is 11.4 Å². The van der Waals surface area contributed by atoms with Gasteiger partial charge in [0.1, 0.15) is 5.70 Å². The number of carbonyl (C=O) groups is 2. The van der Waals surface area contributed by atoms with Crippen molar-refractivity contribution < 1.29 is 9.59 Å². The summed E-state index contributed by atoms with van der Waals surface area (Å²) in [5.74, 6) is -0.738. The molecule has 0 spiro atoms. The molecule has 4 nitrogen and oxygen atoms in total. The molecule has 5 heteroatoms. The molecule has 1 aliphatic rings.